The lowest BCUT2D eigenvalue weighted by molar-refractivity contribution is 0.603. The van der Waals surface area contributed by atoms with Gasteiger partial charge in [0.05, 0.1) is 0 Å². The van der Waals surface area contributed by atoms with Crippen molar-refractivity contribution < 1.29 is 0 Å². The van der Waals surface area contributed by atoms with Crippen LogP contribution in [0.15, 0.2) is 24.3 Å². The molecule has 0 aromatic heterocycles. The van der Waals surface area contributed by atoms with Gasteiger partial charge < -0.3 is 10.6 Å². The van der Waals surface area contributed by atoms with Gasteiger partial charge >= 0.3 is 0 Å². The summed E-state index contributed by atoms with van der Waals surface area (Å²) in [6.07, 6.45) is 3.50. The summed E-state index contributed by atoms with van der Waals surface area (Å²) in [5.41, 5.74) is 8.56. The lowest BCUT2D eigenvalue weighted by Gasteiger charge is -2.15. The third-order valence-corrected chi connectivity index (χ3v) is 2.71. The molecular weight excluding hydrogens is 184 g/mol. The molecule has 15 heavy (non-hydrogen) atoms. The zero-order valence-electron chi connectivity index (χ0n) is 10.0. The highest BCUT2D eigenvalue weighted by molar-refractivity contribution is 5.46. The first-order valence-corrected chi connectivity index (χ1v) is 5.68. The molecule has 2 N–H and O–H groups in total. The van der Waals surface area contributed by atoms with Gasteiger partial charge in [0.2, 0.25) is 0 Å². The Morgan fingerprint density at radius 2 is 1.80 bits per heavy atom. The maximum Gasteiger partial charge on any atom is 0.0361 e. The first kappa shape index (κ1) is 12.1. The lowest BCUT2D eigenvalue weighted by Crippen LogP contribution is -2.11. The van der Waals surface area contributed by atoms with E-state index in [9.17, 15) is 0 Å². The highest BCUT2D eigenvalue weighted by Crippen LogP contribution is 2.19. The van der Waals surface area contributed by atoms with E-state index >= 15 is 0 Å². The molecule has 1 aromatic rings. The molecule has 1 rings (SSSR count). The Morgan fingerprint density at radius 1 is 1.20 bits per heavy atom. The minimum absolute atomic E-state index is 0.196. The first-order valence-electron chi connectivity index (χ1n) is 5.68. The van der Waals surface area contributed by atoms with E-state index in [-0.39, 0.29) is 6.04 Å². The molecule has 0 radical (unpaired) electrons. The van der Waals surface area contributed by atoms with E-state index < -0.39 is 0 Å². The van der Waals surface area contributed by atoms with Crippen LogP contribution in [-0.4, -0.2) is 14.1 Å². The van der Waals surface area contributed by atoms with Crippen molar-refractivity contribution in [3.8, 4) is 0 Å². The standard InChI is InChI=1S/C13H22N2/c1-4-5-6-13(14)11-7-9-12(10-8-11)15(2)3/h7-10,13H,4-6,14H2,1-3H3. The fourth-order valence-corrected chi connectivity index (χ4v) is 1.61. The Balaban J connectivity index is 2.62. The Bertz CT molecular complexity index is 277. The van der Waals surface area contributed by atoms with Crippen molar-refractivity contribution in [3.63, 3.8) is 0 Å². The van der Waals surface area contributed by atoms with Gasteiger partial charge in [0.15, 0.2) is 0 Å². The molecule has 0 heterocycles. The van der Waals surface area contributed by atoms with E-state index in [1.165, 1.54) is 24.1 Å². The monoisotopic (exact) mass is 206 g/mol. The summed E-state index contributed by atoms with van der Waals surface area (Å²) >= 11 is 0. The van der Waals surface area contributed by atoms with Gasteiger partial charge in [-0.3, -0.25) is 0 Å². The number of unbranched alkanes of at least 4 members (excludes halogenated alkanes) is 1. The molecule has 0 saturated carbocycles. The Hall–Kier alpha value is -1.02. The quantitative estimate of drug-likeness (QED) is 0.802. The number of hydrogen-bond donors (Lipinski definition) is 1. The highest BCUT2D eigenvalue weighted by atomic mass is 15.1. The van der Waals surface area contributed by atoms with Gasteiger partial charge in [0.25, 0.3) is 0 Å². The molecular formula is C13H22N2. The van der Waals surface area contributed by atoms with Crippen LogP contribution in [0.25, 0.3) is 0 Å². The molecule has 1 aromatic carbocycles. The molecule has 0 bridgehead atoms. The van der Waals surface area contributed by atoms with E-state index in [1.54, 1.807) is 0 Å². The van der Waals surface area contributed by atoms with Crippen LogP contribution in [0.3, 0.4) is 0 Å². The fourth-order valence-electron chi connectivity index (χ4n) is 1.61. The van der Waals surface area contributed by atoms with Gasteiger partial charge in [0.1, 0.15) is 0 Å². The third kappa shape index (κ3) is 3.56. The molecule has 0 amide bonds. The summed E-state index contributed by atoms with van der Waals surface area (Å²) in [7, 11) is 4.10. The van der Waals surface area contributed by atoms with Gasteiger partial charge in [-0.25, -0.2) is 0 Å². The van der Waals surface area contributed by atoms with Crippen LogP contribution in [0.5, 0.6) is 0 Å². The van der Waals surface area contributed by atoms with E-state index in [4.69, 9.17) is 5.73 Å². The van der Waals surface area contributed by atoms with E-state index in [1.807, 2.05) is 14.1 Å². The van der Waals surface area contributed by atoms with Crippen molar-refractivity contribution in [1.29, 1.82) is 0 Å². The minimum Gasteiger partial charge on any atom is -0.378 e. The predicted octanol–water partition coefficient (Wildman–Crippen LogP) is 2.94. The number of nitrogens with two attached hydrogens (primary N) is 1. The van der Waals surface area contributed by atoms with Crippen molar-refractivity contribution in [3.05, 3.63) is 29.8 Å². The SMILES string of the molecule is CCCCC(N)c1ccc(N(C)C)cc1. The molecule has 0 spiro atoms. The van der Waals surface area contributed by atoms with Crippen molar-refractivity contribution in [2.24, 2.45) is 5.73 Å². The van der Waals surface area contributed by atoms with Crippen LogP contribution in [0.2, 0.25) is 0 Å². The Morgan fingerprint density at radius 3 is 2.27 bits per heavy atom. The lowest BCUT2D eigenvalue weighted by atomic mass is 10.0. The molecule has 1 unspecified atom stereocenters. The summed E-state index contributed by atoms with van der Waals surface area (Å²) in [5, 5.41) is 0. The first-order chi connectivity index (χ1) is 7.15. The van der Waals surface area contributed by atoms with Gasteiger partial charge in [-0.05, 0) is 24.1 Å². The van der Waals surface area contributed by atoms with Crippen molar-refractivity contribution in [2.75, 3.05) is 19.0 Å². The van der Waals surface area contributed by atoms with Gasteiger partial charge in [-0.2, -0.15) is 0 Å². The van der Waals surface area contributed by atoms with Crippen molar-refractivity contribution in [2.45, 2.75) is 32.2 Å². The highest BCUT2D eigenvalue weighted by Gasteiger charge is 2.05. The van der Waals surface area contributed by atoms with E-state index in [0.717, 1.165) is 6.42 Å². The molecule has 0 aliphatic heterocycles. The normalized spacial score (nSPS) is 12.5. The summed E-state index contributed by atoms with van der Waals surface area (Å²) in [6, 6.07) is 8.72. The largest absolute Gasteiger partial charge is 0.378 e. The number of rotatable bonds is 5. The van der Waals surface area contributed by atoms with Gasteiger partial charge in [0, 0.05) is 25.8 Å². The number of nitrogens with zero attached hydrogens (tertiary/aromatic N) is 1. The molecule has 0 fully saturated rings. The van der Waals surface area contributed by atoms with E-state index in [2.05, 4.69) is 36.1 Å². The predicted molar refractivity (Wildman–Crippen MR) is 67.2 cm³/mol. The molecule has 0 saturated heterocycles. The van der Waals surface area contributed by atoms with Gasteiger partial charge in [-0.15, -0.1) is 0 Å². The Kier molecular flexibility index (Phi) is 4.63. The second kappa shape index (κ2) is 5.76. The topological polar surface area (TPSA) is 29.3 Å². The summed E-state index contributed by atoms with van der Waals surface area (Å²) in [4.78, 5) is 2.10. The fraction of sp³-hybridized carbons (Fsp3) is 0.538. The maximum absolute atomic E-state index is 6.09. The maximum atomic E-state index is 6.09. The minimum atomic E-state index is 0.196. The average molecular weight is 206 g/mol. The number of benzene rings is 1. The van der Waals surface area contributed by atoms with Gasteiger partial charge in [-0.1, -0.05) is 31.9 Å². The molecule has 1 atom stereocenters. The van der Waals surface area contributed by atoms with Crippen LogP contribution in [0.1, 0.15) is 37.8 Å². The van der Waals surface area contributed by atoms with Crippen LogP contribution >= 0.6 is 0 Å². The summed E-state index contributed by atoms with van der Waals surface area (Å²) in [5.74, 6) is 0. The number of hydrogen-bond acceptors (Lipinski definition) is 2. The molecule has 2 heteroatoms. The molecule has 2 nitrogen and oxygen atoms in total. The van der Waals surface area contributed by atoms with Crippen LogP contribution in [0, 0.1) is 0 Å². The molecule has 84 valence electrons. The molecule has 0 aliphatic carbocycles. The zero-order valence-corrected chi connectivity index (χ0v) is 10.0. The number of anilines is 1. The summed E-state index contributed by atoms with van der Waals surface area (Å²) < 4.78 is 0. The smallest absolute Gasteiger partial charge is 0.0361 e. The zero-order chi connectivity index (χ0) is 11.3. The van der Waals surface area contributed by atoms with E-state index in [0.29, 0.717) is 0 Å². The third-order valence-electron chi connectivity index (χ3n) is 2.71. The second-order valence-corrected chi connectivity index (χ2v) is 4.23. The molecule has 0 aliphatic rings. The summed E-state index contributed by atoms with van der Waals surface area (Å²) in [6.45, 7) is 2.20. The van der Waals surface area contributed by atoms with Crippen LogP contribution in [0.4, 0.5) is 5.69 Å². The van der Waals surface area contributed by atoms with Crippen LogP contribution < -0.4 is 10.6 Å². The van der Waals surface area contributed by atoms with Crippen molar-refractivity contribution >= 4 is 5.69 Å². The van der Waals surface area contributed by atoms with Crippen molar-refractivity contribution in [1.82, 2.24) is 0 Å². The Labute approximate surface area is 93.1 Å². The second-order valence-electron chi connectivity index (χ2n) is 4.23. The average Bonchev–Trinajstić information content (AvgIpc) is 2.26. The van der Waals surface area contributed by atoms with Crippen LogP contribution in [-0.2, 0) is 0 Å².